The lowest BCUT2D eigenvalue weighted by molar-refractivity contribution is -0.117. The molecule has 1 heterocycles. The van der Waals surface area contributed by atoms with Crippen LogP contribution in [0.1, 0.15) is 17.7 Å². The summed E-state index contributed by atoms with van der Waals surface area (Å²) in [6.45, 7) is -0.0397. The maximum absolute atomic E-state index is 10.4. The van der Waals surface area contributed by atoms with Gasteiger partial charge >= 0.3 is 0 Å². The van der Waals surface area contributed by atoms with Crippen LogP contribution in [0.3, 0.4) is 0 Å². The van der Waals surface area contributed by atoms with Crippen molar-refractivity contribution in [1.29, 1.82) is 0 Å². The van der Waals surface area contributed by atoms with Crippen molar-refractivity contribution < 1.29 is 9.90 Å². The lowest BCUT2D eigenvalue weighted by Crippen LogP contribution is -2.08. The van der Waals surface area contributed by atoms with Gasteiger partial charge in [0.2, 0.25) is 5.91 Å². The highest BCUT2D eigenvalue weighted by atomic mass is 16.3. The Hall–Kier alpha value is -1.86. The third kappa shape index (κ3) is 3.25. The number of carbonyl (C=O) groups excluding carboxylic acids is 1. The monoisotopic (exact) mass is 190 g/mol. The van der Waals surface area contributed by atoms with Crippen LogP contribution in [-0.4, -0.2) is 16.0 Å². The first kappa shape index (κ1) is 10.2. The highest BCUT2D eigenvalue weighted by Crippen LogP contribution is 1.98. The summed E-state index contributed by atoms with van der Waals surface area (Å²) in [6, 6.07) is 3.40. The molecule has 0 saturated heterocycles. The van der Waals surface area contributed by atoms with Gasteiger partial charge in [-0.1, -0.05) is 12.0 Å². The van der Waals surface area contributed by atoms with Gasteiger partial charge < -0.3 is 10.8 Å². The second-order valence-electron chi connectivity index (χ2n) is 2.65. The number of amides is 1. The third-order valence-electron chi connectivity index (χ3n) is 1.49. The number of aliphatic hydroxyl groups excluding tert-OH is 1. The minimum atomic E-state index is -0.454. The molecular formula is C10H10N2O2. The summed E-state index contributed by atoms with van der Waals surface area (Å²) >= 11 is 0. The van der Waals surface area contributed by atoms with E-state index in [0.29, 0.717) is 5.69 Å². The van der Waals surface area contributed by atoms with Crippen LogP contribution in [-0.2, 0) is 11.4 Å². The molecule has 1 aromatic rings. The average molecular weight is 190 g/mol. The second-order valence-corrected chi connectivity index (χ2v) is 2.65. The Morgan fingerprint density at radius 2 is 2.36 bits per heavy atom. The van der Waals surface area contributed by atoms with Crippen LogP contribution in [0.15, 0.2) is 18.3 Å². The molecule has 72 valence electrons. The maximum atomic E-state index is 10.4. The fraction of sp³-hybridized carbons (Fsp3) is 0.200. The van der Waals surface area contributed by atoms with E-state index < -0.39 is 5.91 Å². The quantitative estimate of drug-likeness (QED) is 0.634. The molecule has 0 aliphatic heterocycles. The van der Waals surface area contributed by atoms with E-state index in [1.165, 1.54) is 6.20 Å². The topological polar surface area (TPSA) is 76.2 Å². The zero-order chi connectivity index (χ0) is 10.4. The minimum Gasteiger partial charge on any atom is -0.392 e. The van der Waals surface area contributed by atoms with Crippen LogP contribution in [0.5, 0.6) is 0 Å². The number of aliphatic hydroxyl groups is 1. The maximum Gasteiger partial charge on any atom is 0.229 e. The summed E-state index contributed by atoms with van der Waals surface area (Å²) < 4.78 is 0. The molecule has 0 aliphatic rings. The standard InChI is InChI=1S/C10H10N2O2/c11-10(14)3-1-2-9-5-4-8(7-13)6-12-9/h4-6,13H,3,7H2,(H2,11,14). The summed E-state index contributed by atoms with van der Waals surface area (Å²) in [5.74, 6) is 4.82. The number of rotatable bonds is 2. The predicted molar refractivity (Wildman–Crippen MR) is 50.8 cm³/mol. The Kier molecular flexibility index (Phi) is 3.65. The molecule has 0 fully saturated rings. The average Bonchev–Trinajstić information content (AvgIpc) is 2.18. The van der Waals surface area contributed by atoms with E-state index in [9.17, 15) is 4.79 Å². The van der Waals surface area contributed by atoms with Gasteiger partial charge in [-0.05, 0) is 17.6 Å². The number of hydrogen-bond acceptors (Lipinski definition) is 3. The lowest BCUT2D eigenvalue weighted by atomic mass is 10.2. The van der Waals surface area contributed by atoms with Crippen molar-refractivity contribution in [2.45, 2.75) is 13.0 Å². The molecule has 0 saturated carbocycles. The van der Waals surface area contributed by atoms with Crippen LogP contribution in [0.2, 0.25) is 0 Å². The van der Waals surface area contributed by atoms with E-state index in [0.717, 1.165) is 5.56 Å². The van der Waals surface area contributed by atoms with Crippen LogP contribution < -0.4 is 5.73 Å². The summed E-state index contributed by atoms with van der Waals surface area (Å²) in [5.41, 5.74) is 6.19. The molecule has 0 atom stereocenters. The number of primary amides is 1. The second kappa shape index (κ2) is 5.00. The van der Waals surface area contributed by atoms with Gasteiger partial charge in [0, 0.05) is 6.20 Å². The van der Waals surface area contributed by atoms with Crippen molar-refractivity contribution in [3.63, 3.8) is 0 Å². The van der Waals surface area contributed by atoms with E-state index in [-0.39, 0.29) is 13.0 Å². The van der Waals surface area contributed by atoms with Crippen molar-refractivity contribution >= 4 is 5.91 Å². The molecule has 14 heavy (non-hydrogen) atoms. The van der Waals surface area contributed by atoms with Crippen LogP contribution >= 0.6 is 0 Å². The first-order valence-electron chi connectivity index (χ1n) is 4.05. The van der Waals surface area contributed by atoms with Crippen LogP contribution in [0, 0.1) is 11.8 Å². The molecule has 0 radical (unpaired) electrons. The highest BCUT2D eigenvalue weighted by Gasteiger charge is 1.91. The SMILES string of the molecule is NC(=O)CC#Cc1ccc(CO)cn1. The van der Waals surface area contributed by atoms with Crippen LogP contribution in [0.25, 0.3) is 0 Å². The van der Waals surface area contributed by atoms with E-state index in [1.54, 1.807) is 12.1 Å². The summed E-state index contributed by atoms with van der Waals surface area (Å²) in [5, 5.41) is 8.74. The van der Waals surface area contributed by atoms with E-state index in [2.05, 4.69) is 16.8 Å². The van der Waals surface area contributed by atoms with Gasteiger partial charge in [0.15, 0.2) is 0 Å². The third-order valence-corrected chi connectivity index (χ3v) is 1.49. The number of aromatic nitrogens is 1. The summed E-state index contributed by atoms with van der Waals surface area (Å²) in [7, 11) is 0. The first-order valence-corrected chi connectivity index (χ1v) is 4.05. The van der Waals surface area contributed by atoms with Crippen molar-refractivity contribution in [3.05, 3.63) is 29.6 Å². The fourth-order valence-electron chi connectivity index (χ4n) is 0.814. The van der Waals surface area contributed by atoms with Gasteiger partial charge in [0.1, 0.15) is 5.69 Å². The predicted octanol–water partition coefficient (Wildman–Crippen LogP) is -0.199. The highest BCUT2D eigenvalue weighted by molar-refractivity contribution is 5.76. The Morgan fingerprint density at radius 3 is 2.86 bits per heavy atom. The van der Waals surface area contributed by atoms with Crippen molar-refractivity contribution in [2.75, 3.05) is 0 Å². The molecule has 0 aliphatic carbocycles. The molecule has 1 aromatic heterocycles. The lowest BCUT2D eigenvalue weighted by Gasteiger charge is -1.93. The zero-order valence-electron chi connectivity index (χ0n) is 7.53. The van der Waals surface area contributed by atoms with Gasteiger partial charge in [-0.25, -0.2) is 4.98 Å². The van der Waals surface area contributed by atoms with E-state index in [4.69, 9.17) is 10.8 Å². The minimum absolute atomic E-state index is 0.0312. The number of hydrogen-bond donors (Lipinski definition) is 2. The number of pyridine rings is 1. The smallest absolute Gasteiger partial charge is 0.229 e. The fourth-order valence-corrected chi connectivity index (χ4v) is 0.814. The van der Waals surface area contributed by atoms with Gasteiger partial charge in [-0.15, -0.1) is 0 Å². The number of nitrogens with zero attached hydrogens (tertiary/aromatic N) is 1. The summed E-state index contributed by atoms with van der Waals surface area (Å²) in [4.78, 5) is 14.3. The Labute approximate surface area is 81.8 Å². The van der Waals surface area contributed by atoms with Crippen molar-refractivity contribution in [3.8, 4) is 11.8 Å². The number of carbonyl (C=O) groups is 1. The molecular weight excluding hydrogens is 180 g/mol. The van der Waals surface area contributed by atoms with Gasteiger partial charge in [-0.2, -0.15) is 0 Å². The van der Waals surface area contributed by atoms with Crippen LogP contribution in [0.4, 0.5) is 0 Å². The molecule has 4 heteroatoms. The molecule has 0 bridgehead atoms. The van der Waals surface area contributed by atoms with Gasteiger partial charge in [0.25, 0.3) is 0 Å². The molecule has 1 amide bonds. The molecule has 3 N–H and O–H groups in total. The summed E-state index contributed by atoms with van der Waals surface area (Å²) in [6.07, 6.45) is 1.57. The van der Waals surface area contributed by atoms with E-state index >= 15 is 0 Å². The molecule has 0 aromatic carbocycles. The Morgan fingerprint density at radius 1 is 1.57 bits per heavy atom. The largest absolute Gasteiger partial charge is 0.392 e. The van der Waals surface area contributed by atoms with Gasteiger partial charge in [-0.3, -0.25) is 4.79 Å². The molecule has 1 rings (SSSR count). The first-order chi connectivity index (χ1) is 6.72. The van der Waals surface area contributed by atoms with E-state index in [1.807, 2.05) is 0 Å². The van der Waals surface area contributed by atoms with Crippen molar-refractivity contribution in [1.82, 2.24) is 4.98 Å². The van der Waals surface area contributed by atoms with Gasteiger partial charge in [0.05, 0.1) is 13.0 Å². The molecule has 0 unspecified atom stereocenters. The number of nitrogens with two attached hydrogens (primary N) is 1. The normalized spacial score (nSPS) is 8.93. The van der Waals surface area contributed by atoms with Crippen molar-refractivity contribution in [2.24, 2.45) is 5.73 Å². The zero-order valence-corrected chi connectivity index (χ0v) is 7.53. The molecule has 4 nitrogen and oxygen atoms in total. The Bertz CT molecular complexity index is 373. The Balaban J connectivity index is 2.66. The molecule has 0 spiro atoms.